The molecule has 0 saturated heterocycles. The molecule has 1 aromatic carbocycles. The number of hydrogen-bond donors (Lipinski definition) is 1. The quantitative estimate of drug-likeness (QED) is 0.898. The maximum Gasteiger partial charge on any atom is 0.243 e. The summed E-state index contributed by atoms with van der Waals surface area (Å²) in [6, 6.07) is 3.62. The highest BCUT2D eigenvalue weighted by molar-refractivity contribution is 7.89. The minimum absolute atomic E-state index is 0.0729. The summed E-state index contributed by atoms with van der Waals surface area (Å²) in [5, 5.41) is 9.72. The maximum atomic E-state index is 12.7. The molecule has 0 unspecified atom stereocenters. The highest BCUT2D eigenvalue weighted by Gasteiger charge is 2.36. The molecule has 1 aromatic rings. The fourth-order valence-electron chi connectivity index (χ4n) is 1.73. The fraction of sp³-hybridized carbons (Fsp3) is 0.500. The molecule has 116 valence electrons. The molecule has 0 radical (unpaired) electrons. The minimum Gasteiger partial charge on any atom is -0.207 e. The van der Waals surface area contributed by atoms with Crippen LogP contribution in [0.5, 0.6) is 0 Å². The number of benzene rings is 1. The van der Waals surface area contributed by atoms with Crippen LogP contribution in [-0.2, 0) is 10.0 Å². The van der Waals surface area contributed by atoms with Gasteiger partial charge in [0, 0.05) is 5.02 Å². The van der Waals surface area contributed by atoms with Crippen LogP contribution in [0, 0.1) is 31.1 Å². The van der Waals surface area contributed by atoms with Gasteiger partial charge in [-0.2, -0.15) is 9.98 Å². The highest BCUT2D eigenvalue weighted by atomic mass is 35.5. The van der Waals surface area contributed by atoms with Crippen molar-refractivity contribution < 1.29 is 8.42 Å². The van der Waals surface area contributed by atoms with E-state index in [1.165, 1.54) is 6.92 Å². The predicted octanol–water partition coefficient (Wildman–Crippen LogP) is 3.83. The monoisotopic (exact) mass is 348 g/mol. The third-order valence-electron chi connectivity index (χ3n) is 3.59. The van der Waals surface area contributed by atoms with E-state index in [0.29, 0.717) is 16.1 Å². The molecule has 1 N–H and O–H groups in total. The van der Waals surface area contributed by atoms with E-state index in [4.69, 9.17) is 23.2 Å². The molecule has 4 nitrogen and oxygen atoms in total. The van der Waals surface area contributed by atoms with Gasteiger partial charge in [-0.15, -0.1) is 0 Å². The summed E-state index contributed by atoms with van der Waals surface area (Å²) in [7, 11) is -3.97. The second kappa shape index (κ2) is 6.13. The molecule has 0 heterocycles. The van der Waals surface area contributed by atoms with Gasteiger partial charge in [0.15, 0.2) is 0 Å². The standard InChI is InChI=1S/C14H18Cl2N2O2S/c1-8(2)14(5,7-17)18-21(19,20)13-10(4)11(15)6-9(3)12(13)16/h6,8,18H,1-5H3/t14-/m0/s1. The van der Waals surface area contributed by atoms with Crippen LogP contribution in [0.25, 0.3) is 0 Å². The van der Waals surface area contributed by atoms with Crippen LogP contribution in [-0.4, -0.2) is 14.0 Å². The van der Waals surface area contributed by atoms with E-state index in [9.17, 15) is 13.7 Å². The van der Waals surface area contributed by atoms with Gasteiger partial charge in [-0.05, 0) is 43.9 Å². The van der Waals surface area contributed by atoms with Crippen molar-refractivity contribution in [3.8, 4) is 6.07 Å². The van der Waals surface area contributed by atoms with Gasteiger partial charge in [-0.1, -0.05) is 37.0 Å². The summed E-state index contributed by atoms with van der Waals surface area (Å²) >= 11 is 12.2. The van der Waals surface area contributed by atoms with Crippen LogP contribution in [0.2, 0.25) is 10.0 Å². The zero-order valence-corrected chi connectivity index (χ0v) is 14.9. The van der Waals surface area contributed by atoms with Crippen molar-refractivity contribution in [1.29, 1.82) is 5.26 Å². The van der Waals surface area contributed by atoms with Crippen molar-refractivity contribution in [3.05, 3.63) is 27.2 Å². The van der Waals surface area contributed by atoms with Crippen LogP contribution in [0.1, 0.15) is 31.9 Å². The Hall–Kier alpha value is -0.800. The van der Waals surface area contributed by atoms with Crippen LogP contribution < -0.4 is 4.72 Å². The van der Waals surface area contributed by atoms with Gasteiger partial charge in [0.1, 0.15) is 10.4 Å². The first-order valence-corrected chi connectivity index (χ1v) is 8.60. The Morgan fingerprint density at radius 2 is 1.86 bits per heavy atom. The fourth-order valence-corrected chi connectivity index (χ4v) is 4.40. The average molecular weight is 349 g/mol. The summed E-state index contributed by atoms with van der Waals surface area (Å²) < 4.78 is 27.7. The molecule has 0 aliphatic heterocycles. The molecule has 1 rings (SSSR count). The van der Waals surface area contributed by atoms with Gasteiger partial charge < -0.3 is 0 Å². The summed E-state index contributed by atoms with van der Waals surface area (Å²) in [4.78, 5) is -0.0729. The Kier molecular flexibility index (Phi) is 5.33. The first-order chi connectivity index (χ1) is 9.46. The molecule has 0 aliphatic carbocycles. The third kappa shape index (κ3) is 3.51. The lowest BCUT2D eigenvalue weighted by Crippen LogP contribution is -2.48. The molecule has 7 heteroatoms. The molecular weight excluding hydrogens is 331 g/mol. The number of aryl methyl sites for hydroxylation is 1. The Morgan fingerprint density at radius 1 is 1.33 bits per heavy atom. The second-order valence-corrected chi connectivity index (χ2v) is 7.92. The van der Waals surface area contributed by atoms with Crippen molar-refractivity contribution >= 4 is 33.2 Å². The molecule has 0 aromatic heterocycles. The van der Waals surface area contributed by atoms with E-state index in [1.54, 1.807) is 33.8 Å². The third-order valence-corrected chi connectivity index (χ3v) is 6.32. The number of rotatable bonds is 4. The number of sulfonamides is 1. The van der Waals surface area contributed by atoms with Crippen LogP contribution in [0.3, 0.4) is 0 Å². The summed E-state index contributed by atoms with van der Waals surface area (Å²) in [5.74, 6) is -0.211. The first kappa shape index (κ1) is 18.2. The van der Waals surface area contributed by atoms with E-state index in [0.717, 1.165) is 0 Å². The van der Waals surface area contributed by atoms with Gasteiger partial charge in [0.25, 0.3) is 0 Å². The normalized spacial score (nSPS) is 14.8. The van der Waals surface area contributed by atoms with Crippen molar-refractivity contribution in [2.45, 2.75) is 45.1 Å². The molecule has 0 bridgehead atoms. The Labute approximate surface area is 136 Å². The molecule has 21 heavy (non-hydrogen) atoms. The number of halogens is 2. The van der Waals surface area contributed by atoms with Gasteiger partial charge in [0.2, 0.25) is 10.0 Å². The molecule has 0 aliphatic rings. The summed E-state index contributed by atoms with van der Waals surface area (Å²) in [5.41, 5.74) is -0.301. The van der Waals surface area contributed by atoms with E-state index < -0.39 is 15.6 Å². The van der Waals surface area contributed by atoms with Crippen LogP contribution in [0.4, 0.5) is 0 Å². The van der Waals surface area contributed by atoms with Crippen molar-refractivity contribution in [3.63, 3.8) is 0 Å². The lowest BCUT2D eigenvalue weighted by Gasteiger charge is -2.27. The first-order valence-electron chi connectivity index (χ1n) is 6.36. The predicted molar refractivity (Wildman–Crippen MR) is 85.1 cm³/mol. The van der Waals surface area contributed by atoms with Gasteiger partial charge in [-0.3, -0.25) is 0 Å². The largest absolute Gasteiger partial charge is 0.243 e. The number of nitriles is 1. The minimum atomic E-state index is -3.97. The number of nitrogens with zero attached hydrogens (tertiary/aromatic N) is 1. The smallest absolute Gasteiger partial charge is 0.207 e. The van der Waals surface area contributed by atoms with Crippen LogP contribution in [0.15, 0.2) is 11.0 Å². The molecule has 0 saturated carbocycles. The highest BCUT2D eigenvalue weighted by Crippen LogP contribution is 2.34. The zero-order valence-electron chi connectivity index (χ0n) is 12.6. The van der Waals surface area contributed by atoms with E-state index in [-0.39, 0.29) is 15.8 Å². The molecular formula is C14H18Cl2N2O2S. The molecule has 0 fully saturated rings. The van der Waals surface area contributed by atoms with Gasteiger partial charge in [0.05, 0.1) is 11.1 Å². The van der Waals surface area contributed by atoms with Crippen molar-refractivity contribution in [2.24, 2.45) is 5.92 Å². The molecule has 1 atom stereocenters. The number of hydrogen-bond acceptors (Lipinski definition) is 3. The van der Waals surface area contributed by atoms with Gasteiger partial charge in [-0.25, -0.2) is 8.42 Å². The van der Waals surface area contributed by atoms with Crippen molar-refractivity contribution in [2.75, 3.05) is 0 Å². The molecule has 0 amide bonds. The zero-order chi connectivity index (χ0) is 16.6. The summed E-state index contributed by atoms with van der Waals surface area (Å²) in [6.07, 6.45) is 0. The Bertz CT molecular complexity index is 682. The summed E-state index contributed by atoms with van der Waals surface area (Å²) in [6.45, 7) is 8.34. The lowest BCUT2D eigenvalue weighted by molar-refractivity contribution is 0.388. The maximum absolute atomic E-state index is 12.7. The second-order valence-electron chi connectivity index (χ2n) is 5.52. The van der Waals surface area contributed by atoms with Crippen molar-refractivity contribution in [1.82, 2.24) is 4.72 Å². The Balaban J connectivity index is 3.51. The van der Waals surface area contributed by atoms with E-state index in [2.05, 4.69) is 4.72 Å². The van der Waals surface area contributed by atoms with Gasteiger partial charge >= 0.3 is 0 Å². The SMILES string of the molecule is Cc1cc(Cl)c(C)c(S(=O)(=O)N[C@@](C)(C#N)C(C)C)c1Cl. The van der Waals surface area contributed by atoms with E-state index >= 15 is 0 Å². The van der Waals surface area contributed by atoms with Crippen LogP contribution >= 0.6 is 23.2 Å². The molecule has 0 spiro atoms. The number of nitrogens with one attached hydrogen (secondary N) is 1. The lowest BCUT2D eigenvalue weighted by atomic mass is 9.92. The topological polar surface area (TPSA) is 70.0 Å². The van der Waals surface area contributed by atoms with E-state index in [1.807, 2.05) is 6.07 Å². The Morgan fingerprint density at radius 3 is 2.29 bits per heavy atom. The average Bonchev–Trinajstić information content (AvgIpc) is 2.35.